The van der Waals surface area contributed by atoms with Crippen LogP contribution >= 0.6 is 22.6 Å². The Morgan fingerprint density at radius 3 is 2.57 bits per heavy atom. The van der Waals surface area contributed by atoms with Crippen molar-refractivity contribution in [2.45, 2.75) is 0 Å². The molecule has 0 aliphatic carbocycles. The molecule has 0 saturated heterocycles. The first-order chi connectivity index (χ1) is 10.1. The second-order valence-electron chi connectivity index (χ2n) is 4.61. The van der Waals surface area contributed by atoms with Crippen molar-refractivity contribution in [2.75, 3.05) is 5.32 Å². The summed E-state index contributed by atoms with van der Waals surface area (Å²) >= 11 is 2.00. The van der Waals surface area contributed by atoms with Gasteiger partial charge in [-0.25, -0.2) is 4.39 Å². The molecule has 1 amide bonds. The third-order valence-corrected chi connectivity index (χ3v) is 4.11. The fourth-order valence-electron chi connectivity index (χ4n) is 2.20. The molecule has 0 atom stereocenters. The van der Waals surface area contributed by atoms with E-state index < -0.39 is 0 Å². The van der Waals surface area contributed by atoms with Crippen LogP contribution in [0.25, 0.3) is 10.8 Å². The van der Waals surface area contributed by atoms with Crippen LogP contribution in [0.3, 0.4) is 0 Å². The van der Waals surface area contributed by atoms with E-state index in [0.29, 0.717) is 14.8 Å². The monoisotopic (exact) mass is 391 g/mol. The molecule has 21 heavy (non-hydrogen) atoms. The summed E-state index contributed by atoms with van der Waals surface area (Å²) in [7, 11) is 0. The van der Waals surface area contributed by atoms with Gasteiger partial charge in [-0.3, -0.25) is 4.79 Å². The molecule has 3 aromatic rings. The normalized spacial score (nSPS) is 10.6. The van der Waals surface area contributed by atoms with Gasteiger partial charge in [-0.2, -0.15) is 0 Å². The second-order valence-corrected chi connectivity index (χ2v) is 5.77. The molecule has 0 fully saturated rings. The van der Waals surface area contributed by atoms with Gasteiger partial charge in [0.1, 0.15) is 5.82 Å². The number of halogens is 2. The average Bonchev–Trinajstić information content (AvgIpc) is 2.49. The minimum atomic E-state index is -0.317. The summed E-state index contributed by atoms with van der Waals surface area (Å²) in [5.41, 5.74) is 1.21. The van der Waals surface area contributed by atoms with Gasteiger partial charge < -0.3 is 5.32 Å². The van der Waals surface area contributed by atoms with E-state index in [1.54, 1.807) is 12.1 Å². The number of carbonyl (C=O) groups is 1. The number of rotatable bonds is 2. The molecule has 2 nitrogen and oxygen atoms in total. The Hall–Kier alpha value is -1.95. The first-order valence-corrected chi connectivity index (χ1v) is 7.47. The summed E-state index contributed by atoms with van der Waals surface area (Å²) < 4.78 is 13.8. The van der Waals surface area contributed by atoms with E-state index in [-0.39, 0.29) is 11.7 Å². The molecule has 3 aromatic carbocycles. The highest BCUT2D eigenvalue weighted by Crippen LogP contribution is 2.22. The zero-order valence-electron chi connectivity index (χ0n) is 10.9. The van der Waals surface area contributed by atoms with Crippen molar-refractivity contribution in [3.8, 4) is 0 Å². The molecule has 0 radical (unpaired) electrons. The molecular formula is C17H11FINO. The van der Waals surface area contributed by atoms with Crippen molar-refractivity contribution in [3.05, 3.63) is 75.6 Å². The van der Waals surface area contributed by atoms with E-state index in [0.717, 1.165) is 10.8 Å². The van der Waals surface area contributed by atoms with Crippen molar-refractivity contribution in [2.24, 2.45) is 0 Å². The van der Waals surface area contributed by atoms with Crippen LogP contribution in [0.1, 0.15) is 10.4 Å². The molecule has 0 saturated carbocycles. The smallest absolute Gasteiger partial charge is 0.256 e. The van der Waals surface area contributed by atoms with Crippen LogP contribution in [0.4, 0.5) is 10.1 Å². The lowest BCUT2D eigenvalue weighted by molar-refractivity contribution is 0.102. The van der Waals surface area contributed by atoms with Crippen LogP contribution in [-0.2, 0) is 0 Å². The predicted octanol–water partition coefficient (Wildman–Crippen LogP) is 4.84. The largest absolute Gasteiger partial charge is 0.321 e. The molecule has 0 bridgehead atoms. The molecule has 0 spiro atoms. The number of hydrogen-bond donors (Lipinski definition) is 1. The van der Waals surface area contributed by atoms with Crippen LogP contribution in [0.5, 0.6) is 0 Å². The SMILES string of the molecule is O=C(Nc1ccc(F)cc1I)c1cccc2ccccc12. The average molecular weight is 391 g/mol. The first kappa shape index (κ1) is 14.0. The summed E-state index contributed by atoms with van der Waals surface area (Å²) in [5, 5.41) is 4.74. The predicted molar refractivity (Wildman–Crippen MR) is 91.0 cm³/mol. The first-order valence-electron chi connectivity index (χ1n) is 6.39. The van der Waals surface area contributed by atoms with Gasteiger partial charge in [0.15, 0.2) is 0 Å². The van der Waals surface area contributed by atoms with Crippen LogP contribution in [0.15, 0.2) is 60.7 Å². The molecule has 0 heterocycles. The van der Waals surface area contributed by atoms with Crippen LogP contribution < -0.4 is 5.32 Å². The van der Waals surface area contributed by atoms with Gasteiger partial charge in [0.25, 0.3) is 5.91 Å². The number of nitrogens with one attached hydrogen (secondary N) is 1. The third kappa shape index (κ3) is 2.90. The van der Waals surface area contributed by atoms with Crippen molar-refractivity contribution >= 4 is 45.0 Å². The highest BCUT2D eigenvalue weighted by molar-refractivity contribution is 14.1. The Labute approximate surface area is 135 Å². The fraction of sp³-hybridized carbons (Fsp3) is 0. The van der Waals surface area contributed by atoms with E-state index in [2.05, 4.69) is 5.32 Å². The van der Waals surface area contributed by atoms with Gasteiger partial charge in [0.05, 0.1) is 5.69 Å². The van der Waals surface area contributed by atoms with E-state index in [1.807, 2.05) is 59.0 Å². The van der Waals surface area contributed by atoms with Crippen LogP contribution in [0.2, 0.25) is 0 Å². The standard InChI is InChI=1S/C17H11FINO/c18-12-8-9-16(15(19)10-12)20-17(21)14-7-3-5-11-4-1-2-6-13(11)14/h1-10H,(H,20,21). The van der Waals surface area contributed by atoms with Crippen molar-refractivity contribution in [1.82, 2.24) is 0 Å². The molecule has 4 heteroatoms. The summed E-state index contributed by atoms with van der Waals surface area (Å²) in [4.78, 5) is 12.5. The number of amides is 1. The molecule has 104 valence electrons. The lowest BCUT2D eigenvalue weighted by Gasteiger charge is -2.09. The minimum Gasteiger partial charge on any atom is -0.321 e. The number of carbonyl (C=O) groups excluding carboxylic acids is 1. The topological polar surface area (TPSA) is 29.1 Å². The maximum Gasteiger partial charge on any atom is 0.256 e. The Morgan fingerprint density at radius 2 is 1.76 bits per heavy atom. The number of benzene rings is 3. The molecule has 0 aliphatic rings. The summed E-state index contributed by atoms with van der Waals surface area (Å²) in [6.07, 6.45) is 0. The summed E-state index contributed by atoms with van der Waals surface area (Å²) in [6, 6.07) is 17.6. The molecule has 0 unspecified atom stereocenters. The Bertz CT molecular complexity index is 827. The number of hydrogen-bond acceptors (Lipinski definition) is 1. The minimum absolute atomic E-state index is 0.198. The van der Waals surface area contributed by atoms with E-state index in [9.17, 15) is 9.18 Å². The summed E-state index contributed by atoms with van der Waals surface area (Å²) in [5.74, 6) is -0.515. The maximum atomic E-state index is 13.1. The van der Waals surface area contributed by atoms with Gasteiger partial charge in [-0.1, -0.05) is 36.4 Å². The van der Waals surface area contributed by atoms with E-state index in [1.165, 1.54) is 12.1 Å². The van der Waals surface area contributed by atoms with Crippen LogP contribution in [-0.4, -0.2) is 5.91 Å². The Kier molecular flexibility index (Phi) is 3.88. The molecule has 0 aromatic heterocycles. The van der Waals surface area contributed by atoms with Gasteiger partial charge in [-0.15, -0.1) is 0 Å². The van der Waals surface area contributed by atoms with Crippen LogP contribution in [0, 0.1) is 9.39 Å². The molecule has 3 rings (SSSR count). The highest BCUT2D eigenvalue weighted by atomic mass is 127. The molecule has 0 aliphatic heterocycles. The third-order valence-electron chi connectivity index (χ3n) is 3.21. The highest BCUT2D eigenvalue weighted by Gasteiger charge is 2.11. The number of anilines is 1. The lowest BCUT2D eigenvalue weighted by atomic mass is 10.0. The zero-order chi connectivity index (χ0) is 14.8. The second kappa shape index (κ2) is 5.81. The lowest BCUT2D eigenvalue weighted by Crippen LogP contribution is -2.13. The van der Waals surface area contributed by atoms with E-state index in [4.69, 9.17) is 0 Å². The van der Waals surface area contributed by atoms with Gasteiger partial charge in [-0.05, 0) is 57.6 Å². The number of fused-ring (bicyclic) bond motifs is 1. The Balaban J connectivity index is 1.97. The van der Waals surface area contributed by atoms with Crippen molar-refractivity contribution in [1.29, 1.82) is 0 Å². The van der Waals surface area contributed by atoms with E-state index >= 15 is 0 Å². The van der Waals surface area contributed by atoms with Crippen molar-refractivity contribution in [3.63, 3.8) is 0 Å². The van der Waals surface area contributed by atoms with Gasteiger partial charge >= 0.3 is 0 Å². The van der Waals surface area contributed by atoms with Gasteiger partial charge in [0, 0.05) is 9.13 Å². The maximum absolute atomic E-state index is 13.1. The quantitative estimate of drug-likeness (QED) is 0.623. The summed E-state index contributed by atoms with van der Waals surface area (Å²) in [6.45, 7) is 0. The fourth-order valence-corrected chi connectivity index (χ4v) is 2.82. The molecule has 1 N–H and O–H groups in total. The van der Waals surface area contributed by atoms with Gasteiger partial charge in [0.2, 0.25) is 0 Å². The molecular weight excluding hydrogens is 380 g/mol. The zero-order valence-corrected chi connectivity index (χ0v) is 13.1. The Morgan fingerprint density at radius 1 is 1.00 bits per heavy atom. The van der Waals surface area contributed by atoms with Crippen molar-refractivity contribution < 1.29 is 9.18 Å².